The van der Waals surface area contributed by atoms with Gasteiger partial charge in [0.2, 0.25) is 11.8 Å². The van der Waals surface area contributed by atoms with Gasteiger partial charge in [0.05, 0.1) is 18.1 Å². The third-order valence-electron chi connectivity index (χ3n) is 3.46. The Hall–Kier alpha value is -2.16. The first kappa shape index (κ1) is 18.2. The summed E-state index contributed by atoms with van der Waals surface area (Å²) in [5.74, 6) is -2.98. The smallest absolute Gasteiger partial charge is 0.305 e. The third-order valence-corrected chi connectivity index (χ3v) is 4.40. The molecule has 0 aromatic heterocycles. The molecule has 0 atom stereocenters. The highest BCUT2D eigenvalue weighted by atomic mass is 32.2. The second kappa shape index (κ2) is 8.09. The SMILES string of the molecule is O=C(O)CCN(Cc1ccc(F)c(F)c1)C(=O)CN1CSCC1=O. The largest absolute Gasteiger partial charge is 0.481 e. The number of hydrogen-bond acceptors (Lipinski definition) is 4. The van der Waals surface area contributed by atoms with E-state index in [0.29, 0.717) is 17.2 Å². The van der Waals surface area contributed by atoms with Gasteiger partial charge in [0, 0.05) is 13.1 Å². The Kier molecular flexibility index (Phi) is 6.13. The molecule has 1 aliphatic rings. The first-order valence-electron chi connectivity index (χ1n) is 7.16. The molecule has 0 aliphatic carbocycles. The van der Waals surface area contributed by atoms with E-state index in [1.165, 1.54) is 27.6 Å². The number of halogens is 2. The maximum Gasteiger partial charge on any atom is 0.305 e. The monoisotopic (exact) mass is 358 g/mol. The van der Waals surface area contributed by atoms with Crippen molar-refractivity contribution in [2.75, 3.05) is 24.7 Å². The van der Waals surface area contributed by atoms with Gasteiger partial charge in [-0.05, 0) is 17.7 Å². The van der Waals surface area contributed by atoms with Crippen LogP contribution in [0.5, 0.6) is 0 Å². The standard InChI is InChI=1S/C15H16F2N2O4S/c16-11-2-1-10(5-12(11)17)6-18(4-3-15(22)23)13(20)7-19-9-24-8-14(19)21/h1-2,5H,3-4,6-9H2,(H,22,23). The van der Waals surface area contributed by atoms with Crippen LogP contribution in [0.3, 0.4) is 0 Å². The molecule has 6 nitrogen and oxygen atoms in total. The summed E-state index contributed by atoms with van der Waals surface area (Å²) in [5.41, 5.74) is 0.342. The van der Waals surface area contributed by atoms with Crippen LogP contribution in [-0.2, 0) is 20.9 Å². The maximum absolute atomic E-state index is 13.3. The zero-order chi connectivity index (χ0) is 17.7. The molecule has 0 unspecified atom stereocenters. The van der Waals surface area contributed by atoms with E-state index in [2.05, 4.69) is 0 Å². The number of nitrogens with zero attached hydrogens (tertiary/aromatic N) is 2. The van der Waals surface area contributed by atoms with Crippen molar-refractivity contribution in [2.45, 2.75) is 13.0 Å². The highest BCUT2D eigenvalue weighted by molar-refractivity contribution is 8.00. The van der Waals surface area contributed by atoms with Crippen LogP contribution in [0.4, 0.5) is 8.78 Å². The summed E-state index contributed by atoms with van der Waals surface area (Å²) in [6.45, 7) is -0.296. The van der Waals surface area contributed by atoms with E-state index in [1.54, 1.807) is 0 Å². The van der Waals surface area contributed by atoms with Crippen LogP contribution >= 0.6 is 11.8 Å². The zero-order valence-corrected chi connectivity index (χ0v) is 13.5. The average Bonchev–Trinajstić information content (AvgIpc) is 2.92. The lowest BCUT2D eigenvalue weighted by Gasteiger charge is -2.25. The molecule has 0 radical (unpaired) electrons. The van der Waals surface area contributed by atoms with Crippen LogP contribution in [0.25, 0.3) is 0 Å². The number of rotatable bonds is 7. The van der Waals surface area contributed by atoms with Crippen LogP contribution in [0, 0.1) is 11.6 Å². The second-order valence-electron chi connectivity index (χ2n) is 5.28. The zero-order valence-electron chi connectivity index (χ0n) is 12.7. The fourth-order valence-electron chi connectivity index (χ4n) is 2.18. The number of carboxylic acids is 1. The Morgan fingerprint density at radius 3 is 2.62 bits per heavy atom. The van der Waals surface area contributed by atoms with Gasteiger partial charge in [-0.2, -0.15) is 0 Å². The van der Waals surface area contributed by atoms with Gasteiger partial charge in [0.15, 0.2) is 11.6 Å². The summed E-state index contributed by atoms with van der Waals surface area (Å²) in [5, 5.41) is 8.80. The lowest BCUT2D eigenvalue weighted by molar-refractivity contribution is -0.141. The van der Waals surface area contributed by atoms with Crippen LogP contribution in [0.2, 0.25) is 0 Å². The number of carbonyl (C=O) groups excluding carboxylic acids is 2. The fraction of sp³-hybridized carbons (Fsp3) is 0.400. The molecule has 1 saturated heterocycles. The summed E-state index contributed by atoms with van der Waals surface area (Å²) in [6.07, 6.45) is -0.280. The Balaban J connectivity index is 2.07. The molecular formula is C15H16F2N2O4S. The van der Waals surface area contributed by atoms with Gasteiger partial charge >= 0.3 is 5.97 Å². The van der Waals surface area contributed by atoms with E-state index in [-0.39, 0.29) is 32.0 Å². The maximum atomic E-state index is 13.3. The van der Waals surface area contributed by atoms with Crippen molar-refractivity contribution in [1.29, 1.82) is 0 Å². The van der Waals surface area contributed by atoms with E-state index < -0.39 is 23.5 Å². The number of thioether (sulfide) groups is 1. The lowest BCUT2D eigenvalue weighted by Crippen LogP contribution is -2.41. The Bertz CT molecular complexity index is 656. The molecule has 1 aromatic rings. The van der Waals surface area contributed by atoms with E-state index in [1.807, 2.05) is 0 Å². The predicted molar refractivity (Wildman–Crippen MR) is 83.1 cm³/mol. The van der Waals surface area contributed by atoms with Crippen molar-refractivity contribution in [2.24, 2.45) is 0 Å². The van der Waals surface area contributed by atoms with Crippen LogP contribution in [-0.4, -0.2) is 57.4 Å². The van der Waals surface area contributed by atoms with Gasteiger partial charge in [-0.15, -0.1) is 11.8 Å². The minimum Gasteiger partial charge on any atom is -0.481 e. The number of aliphatic carboxylic acids is 1. The molecule has 2 amide bonds. The molecular weight excluding hydrogens is 342 g/mol. The minimum absolute atomic E-state index is 0.0571. The molecule has 2 rings (SSSR count). The minimum atomic E-state index is -1.08. The fourth-order valence-corrected chi connectivity index (χ4v) is 3.09. The van der Waals surface area contributed by atoms with Crippen molar-refractivity contribution in [1.82, 2.24) is 9.80 Å². The average molecular weight is 358 g/mol. The first-order valence-corrected chi connectivity index (χ1v) is 8.31. The summed E-state index contributed by atoms with van der Waals surface area (Å²) in [6, 6.07) is 3.24. The van der Waals surface area contributed by atoms with Gasteiger partial charge < -0.3 is 14.9 Å². The number of hydrogen-bond donors (Lipinski definition) is 1. The van der Waals surface area contributed by atoms with Crippen molar-refractivity contribution in [3.05, 3.63) is 35.4 Å². The van der Waals surface area contributed by atoms with Gasteiger partial charge in [0.1, 0.15) is 6.54 Å². The highest BCUT2D eigenvalue weighted by Gasteiger charge is 2.25. The van der Waals surface area contributed by atoms with Crippen LogP contribution < -0.4 is 0 Å². The second-order valence-corrected chi connectivity index (χ2v) is 6.23. The lowest BCUT2D eigenvalue weighted by atomic mass is 10.2. The summed E-state index contributed by atoms with van der Waals surface area (Å²) in [7, 11) is 0. The van der Waals surface area contributed by atoms with Crippen LogP contribution in [0.1, 0.15) is 12.0 Å². The summed E-state index contributed by atoms with van der Waals surface area (Å²) >= 11 is 1.39. The molecule has 1 N–H and O–H groups in total. The molecule has 1 aliphatic heterocycles. The Morgan fingerprint density at radius 2 is 2.04 bits per heavy atom. The summed E-state index contributed by atoms with van der Waals surface area (Å²) < 4.78 is 26.3. The third kappa shape index (κ3) is 4.92. The highest BCUT2D eigenvalue weighted by Crippen LogP contribution is 2.16. The van der Waals surface area contributed by atoms with Crippen LogP contribution in [0.15, 0.2) is 18.2 Å². The Morgan fingerprint density at radius 1 is 1.29 bits per heavy atom. The van der Waals surface area contributed by atoms with E-state index in [4.69, 9.17) is 5.11 Å². The molecule has 9 heteroatoms. The van der Waals surface area contributed by atoms with Crippen molar-refractivity contribution in [3.63, 3.8) is 0 Å². The Labute approximate surface area is 141 Å². The molecule has 1 fully saturated rings. The van der Waals surface area contributed by atoms with E-state index >= 15 is 0 Å². The van der Waals surface area contributed by atoms with Gasteiger partial charge in [-0.3, -0.25) is 14.4 Å². The topological polar surface area (TPSA) is 77.9 Å². The predicted octanol–water partition coefficient (Wildman–Crippen LogP) is 1.30. The normalized spacial score (nSPS) is 14.1. The molecule has 0 spiro atoms. The number of amides is 2. The number of benzene rings is 1. The molecule has 0 saturated carbocycles. The number of carbonyl (C=O) groups is 3. The summed E-state index contributed by atoms with van der Waals surface area (Å²) in [4.78, 5) is 37.3. The number of carboxylic acid groups (broad SMARTS) is 1. The first-order chi connectivity index (χ1) is 11.4. The van der Waals surface area contributed by atoms with Gasteiger partial charge in [-0.25, -0.2) is 8.78 Å². The quantitative estimate of drug-likeness (QED) is 0.795. The molecule has 1 heterocycles. The molecule has 1 aromatic carbocycles. The van der Waals surface area contributed by atoms with E-state index in [0.717, 1.165) is 12.1 Å². The molecule has 130 valence electrons. The van der Waals surface area contributed by atoms with Crippen molar-refractivity contribution >= 4 is 29.5 Å². The van der Waals surface area contributed by atoms with Crippen molar-refractivity contribution < 1.29 is 28.3 Å². The van der Waals surface area contributed by atoms with Gasteiger partial charge in [-0.1, -0.05) is 6.07 Å². The molecule has 0 bridgehead atoms. The van der Waals surface area contributed by atoms with Gasteiger partial charge in [0.25, 0.3) is 0 Å². The van der Waals surface area contributed by atoms with E-state index in [9.17, 15) is 23.2 Å². The molecule has 24 heavy (non-hydrogen) atoms. The van der Waals surface area contributed by atoms with Crippen molar-refractivity contribution in [3.8, 4) is 0 Å².